The predicted octanol–water partition coefficient (Wildman–Crippen LogP) is -2.89. The van der Waals surface area contributed by atoms with Crippen LogP contribution in [0.25, 0.3) is 0 Å². The van der Waals surface area contributed by atoms with Crippen LogP contribution in [0.15, 0.2) is 47.3 Å². The van der Waals surface area contributed by atoms with Crippen molar-refractivity contribution in [3.8, 4) is 0 Å². The number of benzene rings is 1. The van der Waals surface area contributed by atoms with Gasteiger partial charge in [0.25, 0.3) is 5.91 Å². The van der Waals surface area contributed by atoms with Crippen LogP contribution in [0.4, 0.5) is 0 Å². The van der Waals surface area contributed by atoms with Crippen LogP contribution in [-0.2, 0) is 4.79 Å². The molecular formula is C11H9N2NaO2. The van der Waals surface area contributed by atoms with Gasteiger partial charge >= 0.3 is 29.6 Å². The minimum Gasteiger partial charge on any atom is -0.876 e. The molecule has 0 saturated heterocycles. The van der Waals surface area contributed by atoms with E-state index in [0.717, 1.165) is 5.56 Å². The van der Waals surface area contributed by atoms with E-state index >= 15 is 0 Å². The van der Waals surface area contributed by atoms with Gasteiger partial charge in [-0.15, -0.1) is 6.26 Å². The van der Waals surface area contributed by atoms with Gasteiger partial charge in [0.2, 0.25) is 0 Å². The molecule has 0 N–H and O–H groups in total. The molecule has 0 aromatic heterocycles. The minimum absolute atomic E-state index is 0. The summed E-state index contributed by atoms with van der Waals surface area (Å²) in [6, 6.07) is 9.28. The number of rotatable bonds is 1. The zero-order valence-corrected chi connectivity index (χ0v) is 11.2. The first kappa shape index (κ1) is 13.0. The van der Waals surface area contributed by atoms with Crippen LogP contribution in [0.1, 0.15) is 5.56 Å². The summed E-state index contributed by atoms with van der Waals surface area (Å²) >= 11 is 0. The van der Waals surface area contributed by atoms with Crippen LogP contribution in [0.5, 0.6) is 0 Å². The van der Waals surface area contributed by atoms with Crippen LogP contribution in [-0.4, -0.2) is 23.7 Å². The third-order valence-corrected chi connectivity index (χ3v) is 2.21. The van der Waals surface area contributed by atoms with E-state index in [9.17, 15) is 9.90 Å². The second kappa shape index (κ2) is 5.30. The van der Waals surface area contributed by atoms with E-state index in [2.05, 4.69) is 4.99 Å². The summed E-state index contributed by atoms with van der Waals surface area (Å²) in [5, 5.41) is 10.5. The summed E-state index contributed by atoms with van der Waals surface area (Å²) in [7, 11) is 1.60. The quantitative estimate of drug-likeness (QED) is 0.292. The Morgan fingerprint density at radius 2 is 1.94 bits per heavy atom. The van der Waals surface area contributed by atoms with E-state index in [4.69, 9.17) is 0 Å². The zero-order valence-electron chi connectivity index (χ0n) is 9.18. The van der Waals surface area contributed by atoms with Gasteiger partial charge in [-0.1, -0.05) is 30.3 Å². The molecule has 5 heteroatoms. The Bertz CT molecular complexity index is 454. The molecule has 0 spiro atoms. The molecule has 0 unspecified atom stereocenters. The van der Waals surface area contributed by atoms with Crippen molar-refractivity contribution >= 4 is 11.7 Å². The maximum absolute atomic E-state index is 11.5. The number of likely N-dealkylation sites (N-methyl/N-ethyl adjacent to an activating group) is 1. The summed E-state index contributed by atoms with van der Waals surface area (Å²) in [5.74, 6) is 0.159. The maximum atomic E-state index is 11.5. The number of amides is 1. The van der Waals surface area contributed by atoms with Crippen molar-refractivity contribution in [3.05, 3.63) is 47.9 Å². The van der Waals surface area contributed by atoms with E-state index < -0.39 is 0 Å². The number of nitrogens with zero attached hydrogens (tertiary/aromatic N) is 2. The predicted molar refractivity (Wildman–Crippen MR) is 53.8 cm³/mol. The van der Waals surface area contributed by atoms with Gasteiger partial charge in [-0.2, -0.15) is 0 Å². The normalized spacial score (nSPS) is 17.3. The van der Waals surface area contributed by atoms with Crippen molar-refractivity contribution in [2.24, 2.45) is 4.99 Å². The minimum atomic E-state index is -0.358. The Hall–Kier alpha value is -1.10. The van der Waals surface area contributed by atoms with Crippen LogP contribution in [0, 0.1) is 0 Å². The number of hydrogen-bond donors (Lipinski definition) is 0. The molecular weight excluding hydrogens is 215 g/mol. The first-order chi connectivity index (χ1) is 7.24. The summed E-state index contributed by atoms with van der Waals surface area (Å²) in [6.07, 6.45) is 0.481. The molecule has 0 aliphatic carbocycles. The molecule has 4 nitrogen and oxygen atoms in total. The van der Waals surface area contributed by atoms with Gasteiger partial charge in [0, 0.05) is 12.6 Å². The van der Waals surface area contributed by atoms with Gasteiger partial charge in [0.05, 0.1) is 0 Å². The van der Waals surface area contributed by atoms with Crippen LogP contribution >= 0.6 is 0 Å². The summed E-state index contributed by atoms with van der Waals surface area (Å²) in [4.78, 5) is 16.8. The zero-order chi connectivity index (χ0) is 10.8. The molecule has 1 amide bonds. The van der Waals surface area contributed by atoms with E-state index in [1.165, 1.54) is 4.90 Å². The molecule has 1 aliphatic rings. The third-order valence-electron chi connectivity index (χ3n) is 2.21. The number of carbonyl (C=O) groups excluding carboxylic acids is 1. The van der Waals surface area contributed by atoms with E-state index in [0.29, 0.717) is 12.1 Å². The van der Waals surface area contributed by atoms with Gasteiger partial charge in [0.15, 0.2) is 0 Å². The molecule has 1 aromatic rings. The van der Waals surface area contributed by atoms with Gasteiger partial charge < -0.3 is 5.11 Å². The summed E-state index contributed by atoms with van der Waals surface area (Å²) in [6.45, 7) is 0. The Balaban J connectivity index is 0.00000128. The molecule has 0 atom stereocenters. The molecule has 1 aromatic carbocycles. The monoisotopic (exact) mass is 224 g/mol. The average molecular weight is 224 g/mol. The van der Waals surface area contributed by atoms with Crippen LogP contribution < -0.4 is 34.7 Å². The molecule has 0 radical (unpaired) electrons. The molecule has 16 heavy (non-hydrogen) atoms. The SMILES string of the molecule is CN1C(=O)/C(=C\[O-])N=C1c1ccccc1.[Na+]. The van der Waals surface area contributed by atoms with Crippen molar-refractivity contribution in [1.82, 2.24) is 4.90 Å². The molecule has 0 bridgehead atoms. The fraction of sp³-hybridized carbons (Fsp3) is 0.0909. The Labute approximate surface area is 116 Å². The Morgan fingerprint density at radius 3 is 2.44 bits per heavy atom. The smallest absolute Gasteiger partial charge is 0.876 e. The van der Waals surface area contributed by atoms with Crippen molar-refractivity contribution in [1.29, 1.82) is 0 Å². The van der Waals surface area contributed by atoms with E-state index in [1.807, 2.05) is 30.3 Å². The van der Waals surface area contributed by atoms with Crippen molar-refractivity contribution in [2.45, 2.75) is 0 Å². The fourth-order valence-corrected chi connectivity index (χ4v) is 1.43. The average Bonchev–Trinajstić information content (AvgIpc) is 2.57. The van der Waals surface area contributed by atoms with Crippen LogP contribution in [0.3, 0.4) is 0 Å². The van der Waals surface area contributed by atoms with Crippen LogP contribution in [0.2, 0.25) is 0 Å². The van der Waals surface area contributed by atoms with Crippen molar-refractivity contribution in [3.63, 3.8) is 0 Å². The maximum Gasteiger partial charge on any atom is 1.00 e. The summed E-state index contributed by atoms with van der Waals surface area (Å²) < 4.78 is 0. The third kappa shape index (κ3) is 2.19. The van der Waals surface area contributed by atoms with E-state index in [-0.39, 0.29) is 41.2 Å². The number of carbonyl (C=O) groups is 1. The van der Waals surface area contributed by atoms with E-state index in [1.54, 1.807) is 7.05 Å². The van der Waals surface area contributed by atoms with Crippen molar-refractivity contribution < 1.29 is 39.5 Å². The molecule has 1 aliphatic heterocycles. The second-order valence-electron chi connectivity index (χ2n) is 3.17. The first-order valence-corrected chi connectivity index (χ1v) is 4.48. The number of hydrogen-bond acceptors (Lipinski definition) is 3. The van der Waals surface area contributed by atoms with Gasteiger partial charge in [0.1, 0.15) is 11.5 Å². The molecule has 0 saturated carbocycles. The molecule has 1 heterocycles. The van der Waals surface area contributed by atoms with Crippen molar-refractivity contribution in [2.75, 3.05) is 7.05 Å². The fourth-order valence-electron chi connectivity index (χ4n) is 1.43. The molecule has 76 valence electrons. The summed E-state index contributed by atoms with van der Waals surface area (Å²) in [5.41, 5.74) is 0.779. The van der Waals surface area contributed by atoms with Gasteiger partial charge in [-0.3, -0.25) is 9.69 Å². The first-order valence-electron chi connectivity index (χ1n) is 4.48. The topological polar surface area (TPSA) is 55.7 Å². The van der Waals surface area contributed by atoms with Gasteiger partial charge in [-0.05, 0) is 0 Å². The Kier molecular flexibility index (Phi) is 4.29. The van der Waals surface area contributed by atoms with Gasteiger partial charge in [-0.25, -0.2) is 4.99 Å². The Morgan fingerprint density at radius 1 is 1.31 bits per heavy atom. The second-order valence-corrected chi connectivity index (χ2v) is 3.17. The number of amidine groups is 1. The standard InChI is InChI=1S/C11H10N2O2.Na/c1-13-10(8-5-3-2-4-6-8)12-9(7-14)11(13)15;/h2-7,14H,1H3;/q;+1/p-1/b9-7+;. The molecule has 0 fully saturated rings. The largest absolute Gasteiger partial charge is 1.00 e. The number of aliphatic imine (C=N–C) groups is 1. The molecule has 2 rings (SSSR count).